The van der Waals surface area contributed by atoms with Gasteiger partial charge in [-0.3, -0.25) is 14.4 Å². The van der Waals surface area contributed by atoms with Crippen LogP contribution in [0.3, 0.4) is 0 Å². The Bertz CT molecular complexity index is 1160. The molecule has 4 atom stereocenters. The van der Waals surface area contributed by atoms with E-state index in [1.54, 1.807) is 36.4 Å². The summed E-state index contributed by atoms with van der Waals surface area (Å²) in [5.74, 6) is -0.763. The van der Waals surface area contributed by atoms with Crippen molar-refractivity contribution in [2.24, 2.45) is 5.92 Å². The quantitative estimate of drug-likeness (QED) is 0.661. The Labute approximate surface area is 204 Å². The molecule has 2 heterocycles. The Morgan fingerprint density at radius 1 is 1.00 bits per heavy atom. The third-order valence-electron chi connectivity index (χ3n) is 7.27. The second kappa shape index (κ2) is 9.26. The first-order chi connectivity index (χ1) is 16.8. The minimum Gasteiger partial charge on any atom is -0.363 e. The highest BCUT2D eigenvalue weighted by Crippen LogP contribution is 2.43. The lowest BCUT2D eigenvalue weighted by Gasteiger charge is -2.42. The summed E-state index contributed by atoms with van der Waals surface area (Å²) in [6.45, 7) is 3.22. The first-order valence-corrected chi connectivity index (χ1v) is 12.1. The van der Waals surface area contributed by atoms with E-state index in [0.29, 0.717) is 16.9 Å². The summed E-state index contributed by atoms with van der Waals surface area (Å²) in [5, 5.41) is 2.81. The fourth-order valence-electron chi connectivity index (χ4n) is 5.50. The average molecular weight is 476 g/mol. The topological polar surface area (TPSA) is 96.0 Å². The van der Waals surface area contributed by atoms with Gasteiger partial charge in [0, 0.05) is 17.2 Å². The smallest absolute Gasteiger partial charge is 0.332 e. The molecule has 4 unspecified atom stereocenters. The summed E-state index contributed by atoms with van der Waals surface area (Å²) < 4.78 is 6.22. The fourth-order valence-corrected chi connectivity index (χ4v) is 5.50. The molecule has 2 aliphatic heterocycles. The zero-order chi connectivity index (χ0) is 24.7. The van der Waals surface area contributed by atoms with Crippen molar-refractivity contribution in [2.45, 2.75) is 57.8 Å². The molecular formula is C27H29N3O5. The lowest BCUT2D eigenvalue weighted by Crippen LogP contribution is -2.65. The molecule has 0 aromatic heterocycles. The maximum Gasteiger partial charge on any atom is 0.332 e. The fraction of sp³-hybridized carbons (Fsp3) is 0.407. The molecule has 2 aromatic rings. The van der Waals surface area contributed by atoms with Gasteiger partial charge >= 0.3 is 6.03 Å². The van der Waals surface area contributed by atoms with Crippen molar-refractivity contribution in [3.63, 3.8) is 0 Å². The number of fused-ring (bicyclic) bond motifs is 3. The Kier molecular flexibility index (Phi) is 6.15. The van der Waals surface area contributed by atoms with Crippen LogP contribution >= 0.6 is 0 Å². The number of imide groups is 1. The Morgan fingerprint density at radius 3 is 2.37 bits per heavy atom. The van der Waals surface area contributed by atoms with E-state index >= 15 is 0 Å². The third kappa shape index (κ3) is 4.34. The SMILES string of the molecule is CC(=O)c1ccc(NC(=O)CN2C(=O)N(c3ccc(C)cc3)C(=O)C3OC4CCCCC4C32)cc1. The summed E-state index contributed by atoms with van der Waals surface area (Å²) >= 11 is 0. The number of Topliss-reactive ketones (excluding diaryl/α,β-unsaturated/α-hetero) is 1. The number of carbonyl (C=O) groups excluding carboxylic acids is 4. The van der Waals surface area contributed by atoms with Crippen molar-refractivity contribution < 1.29 is 23.9 Å². The summed E-state index contributed by atoms with van der Waals surface area (Å²) in [6.07, 6.45) is 2.89. The predicted molar refractivity (Wildman–Crippen MR) is 130 cm³/mol. The van der Waals surface area contributed by atoms with E-state index in [1.807, 2.05) is 19.1 Å². The molecule has 8 heteroatoms. The number of nitrogens with one attached hydrogen (secondary N) is 1. The van der Waals surface area contributed by atoms with Gasteiger partial charge in [0.2, 0.25) is 5.91 Å². The normalized spacial score (nSPS) is 25.8. The molecule has 3 fully saturated rings. The van der Waals surface area contributed by atoms with E-state index in [2.05, 4.69) is 5.32 Å². The van der Waals surface area contributed by atoms with Gasteiger partial charge in [-0.25, -0.2) is 9.69 Å². The summed E-state index contributed by atoms with van der Waals surface area (Å²) in [4.78, 5) is 54.4. The van der Waals surface area contributed by atoms with Gasteiger partial charge in [0.05, 0.1) is 17.8 Å². The first kappa shape index (κ1) is 23.2. The van der Waals surface area contributed by atoms with Crippen LogP contribution in [0.1, 0.15) is 48.5 Å². The number of hydrogen-bond donors (Lipinski definition) is 1. The van der Waals surface area contributed by atoms with Crippen LogP contribution in [0.15, 0.2) is 48.5 Å². The van der Waals surface area contributed by atoms with Gasteiger partial charge in [0.25, 0.3) is 5.91 Å². The van der Waals surface area contributed by atoms with Crippen molar-refractivity contribution in [3.05, 3.63) is 59.7 Å². The molecule has 0 spiro atoms. The van der Waals surface area contributed by atoms with Gasteiger partial charge in [-0.15, -0.1) is 0 Å². The van der Waals surface area contributed by atoms with Crippen LogP contribution in [0.4, 0.5) is 16.2 Å². The van der Waals surface area contributed by atoms with E-state index in [9.17, 15) is 19.2 Å². The molecule has 35 heavy (non-hydrogen) atoms. The lowest BCUT2D eigenvalue weighted by atomic mass is 9.81. The number of ketones is 1. The van der Waals surface area contributed by atoms with Gasteiger partial charge in [0.1, 0.15) is 6.54 Å². The molecule has 1 aliphatic carbocycles. The van der Waals surface area contributed by atoms with Gasteiger partial charge in [0.15, 0.2) is 11.9 Å². The van der Waals surface area contributed by atoms with E-state index in [1.165, 1.54) is 11.8 Å². The number of carbonyl (C=O) groups is 4. The monoisotopic (exact) mass is 475 g/mol. The van der Waals surface area contributed by atoms with Crippen LogP contribution in [-0.4, -0.2) is 53.3 Å². The molecule has 1 N–H and O–H groups in total. The maximum absolute atomic E-state index is 13.7. The van der Waals surface area contributed by atoms with Gasteiger partial charge < -0.3 is 15.0 Å². The van der Waals surface area contributed by atoms with Crippen LogP contribution in [0.2, 0.25) is 0 Å². The van der Waals surface area contributed by atoms with Gasteiger partial charge in [-0.2, -0.15) is 0 Å². The van der Waals surface area contributed by atoms with Crippen LogP contribution < -0.4 is 10.2 Å². The molecule has 4 amide bonds. The Balaban J connectivity index is 1.42. The molecule has 8 nitrogen and oxygen atoms in total. The van der Waals surface area contributed by atoms with Crippen molar-refractivity contribution in [1.82, 2.24) is 4.90 Å². The largest absolute Gasteiger partial charge is 0.363 e. The first-order valence-electron chi connectivity index (χ1n) is 12.1. The van der Waals surface area contributed by atoms with E-state index < -0.39 is 18.2 Å². The Hall–Kier alpha value is -3.52. The predicted octanol–water partition coefficient (Wildman–Crippen LogP) is 3.93. The number of amides is 4. The summed E-state index contributed by atoms with van der Waals surface area (Å²) in [7, 11) is 0. The second-order valence-corrected chi connectivity index (χ2v) is 9.64. The van der Waals surface area contributed by atoms with Gasteiger partial charge in [-0.1, -0.05) is 30.5 Å². The highest BCUT2D eigenvalue weighted by atomic mass is 16.5. The number of anilines is 2. The van der Waals surface area contributed by atoms with Crippen molar-refractivity contribution >= 4 is 35.0 Å². The zero-order valence-electron chi connectivity index (χ0n) is 19.9. The number of ether oxygens (including phenoxy) is 1. The molecule has 0 radical (unpaired) electrons. The van der Waals surface area contributed by atoms with Gasteiger partial charge in [-0.05, 0) is 63.1 Å². The highest BCUT2D eigenvalue weighted by molar-refractivity contribution is 6.18. The molecular weight excluding hydrogens is 446 g/mol. The number of rotatable bonds is 5. The lowest BCUT2D eigenvalue weighted by molar-refractivity contribution is -0.133. The summed E-state index contributed by atoms with van der Waals surface area (Å²) in [6, 6.07) is 12.8. The number of hydrogen-bond acceptors (Lipinski definition) is 5. The van der Waals surface area contributed by atoms with Crippen LogP contribution in [0.5, 0.6) is 0 Å². The molecule has 182 valence electrons. The van der Waals surface area contributed by atoms with Crippen molar-refractivity contribution in [2.75, 3.05) is 16.8 Å². The van der Waals surface area contributed by atoms with Crippen LogP contribution in [-0.2, 0) is 14.3 Å². The highest BCUT2D eigenvalue weighted by Gasteiger charge is 2.58. The maximum atomic E-state index is 13.7. The minimum atomic E-state index is -0.787. The molecule has 0 bridgehead atoms. The summed E-state index contributed by atoms with van der Waals surface area (Å²) in [5.41, 5.74) is 2.56. The van der Waals surface area contributed by atoms with E-state index in [0.717, 1.165) is 36.1 Å². The Morgan fingerprint density at radius 2 is 1.69 bits per heavy atom. The molecule has 2 saturated heterocycles. The van der Waals surface area contributed by atoms with Crippen molar-refractivity contribution in [1.29, 1.82) is 0 Å². The number of urea groups is 1. The molecule has 5 rings (SSSR count). The standard InChI is InChI=1S/C27H29N3O5/c1-16-7-13-20(14-8-16)30-26(33)25-24(21-5-3-4-6-22(21)35-25)29(27(30)34)15-23(32)28-19-11-9-18(10-12-19)17(2)31/h7-14,21-22,24-25H,3-6,15H2,1-2H3,(H,28,32). The number of benzene rings is 2. The second-order valence-electron chi connectivity index (χ2n) is 9.64. The van der Waals surface area contributed by atoms with Crippen LogP contribution in [0.25, 0.3) is 0 Å². The molecule has 3 aliphatic rings. The number of aryl methyl sites for hydroxylation is 1. The third-order valence-corrected chi connectivity index (χ3v) is 7.27. The van der Waals surface area contributed by atoms with E-state index in [4.69, 9.17) is 4.74 Å². The number of nitrogens with zero attached hydrogens (tertiary/aromatic N) is 2. The minimum absolute atomic E-state index is 0.0319. The average Bonchev–Trinajstić information content (AvgIpc) is 3.23. The van der Waals surface area contributed by atoms with Crippen LogP contribution in [0, 0.1) is 12.8 Å². The molecule has 1 saturated carbocycles. The zero-order valence-corrected chi connectivity index (χ0v) is 19.9. The van der Waals surface area contributed by atoms with E-state index in [-0.39, 0.29) is 36.2 Å². The van der Waals surface area contributed by atoms with Crippen molar-refractivity contribution in [3.8, 4) is 0 Å². The molecule has 2 aromatic carbocycles.